The highest BCUT2D eigenvalue weighted by Gasteiger charge is 2.05. The highest BCUT2D eigenvalue weighted by atomic mass is 19.1. The molecule has 0 amide bonds. The van der Waals surface area contributed by atoms with Crippen molar-refractivity contribution in [2.75, 3.05) is 0 Å². The number of benzene rings is 2. The van der Waals surface area contributed by atoms with Crippen molar-refractivity contribution in [1.29, 1.82) is 0 Å². The lowest BCUT2D eigenvalue weighted by Crippen LogP contribution is -1.81. The predicted octanol–water partition coefficient (Wildman–Crippen LogP) is 2.99. The molecule has 1 nitrogen and oxygen atoms in total. The van der Waals surface area contributed by atoms with E-state index in [1.54, 1.807) is 31.2 Å². The number of fused-ring (bicyclic) bond motifs is 1. The maximum Gasteiger partial charge on any atom is 0.131 e. The molecule has 2 rings (SSSR count). The fourth-order valence-electron chi connectivity index (χ4n) is 1.41. The van der Waals surface area contributed by atoms with E-state index in [0.717, 1.165) is 5.56 Å². The first kappa shape index (κ1) is 8.05. The summed E-state index contributed by atoms with van der Waals surface area (Å²) in [5, 5.41) is 10.6. The highest BCUT2D eigenvalue weighted by Crippen LogP contribution is 2.29. The Hall–Kier alpha value is -1.57. The second-order valence-corrected chi connectivity index (χ2v) is 3.07. The summed E-state index contributed by atoms with van der Waals surface area (Å²) in [7, 11) is 0. The summed E-state index contributed by atoms with van der Waals surface area (Å²) in [5.74, 6) is -0.134. The summed E-state index contributed by atoms with van der Waals surface area (Å²) in [6, 6.07) is 8.08. The molecule has 0 saturated carbocycles. The first-order valence-electron chi connectivity index (χ1n) is 4.07. The fourth-order valence-corrected chi connectivity index (χ4v) is 1.41. The SMILES string of the molecule is Cc1ccc2c(F)cccc2c1O. The number of phenolic OH excluding ortho intramolecular Hbond substituents is 1. The lowest BCUT2D eigenvalue weighted by molar-refractivity contribution is 0.477. The summed E-state index contributed by atoms with van der Waals surface area (Å²) < 4.78 is 13.2. The van der Waals surface area contributed by atoms with Gasteiger partial charge in [-0.25, -0.2) is 4.39 Å². The number of halogens is 1. The largest absolute Gasteiger partial charge is 0.507 e. The molecule has 0 aromatic heterocycles. The molecule has 0 bridgehead atoms. The topological polar surface area (TPSA) is 20.2 Å². The molecule has 2 aromatic rings. The molecular formula is C11H9FO. The van der Waals surface area contributed by atoms with Crippen molar-refractivity contribution in [1.82, 2.24) is 0 Å². The maximum absolute atomic E-state index is 13.2. The Balaban J connectivity index is 2.94. The van der Waals surface area contributed by atoms with Crippen LogP contribution in [0.3, 0.4) is 0 Å². The van der Waals surface area contributed by atoms with Crippen LogP contribution in [0.1, 0.15) is 5.56 Å². The zero-order valence-corrected chi connectivity index (χ0v) is 7.21. The van der Waals surface area contributed by atoms with E-state index in [0.29, 0.717) is 10.8 Å². The fraction of sp³-hybridized carbons (Fsp3) is 0.0909. The number of aromatic hydroxyl groups is 1. The van der Waals surface area contributed by atoms with Crippen LogP contribution in [0, 0.1) is 12.7 Å². The number of aryl methyl sites for hydroxylation is 1. The molecule has 0 atom stereocenters. The van der Waals surface area contributed by atoms with E-state index >= 15 is 0 Å². The van der Waals surface area contributed by atoms with Crippen LogP contribution in [0.2, 0.25) is 0 Å². The minimum Gasteiger partial charge on any atom is -0.507 e. The first-order chi connectivity index (χ1) is 6.20. The Kier molecular flexibility index (Phi) is 1.69. The third-order valence-electron chi connectivity index (χ3n) is 2.18. The molecule has 13 heavy (non-hydrogen) atoms. The van der Waals surface area contributed by atoms with Gasteiger partial charge in [0.15, 0.2) is 0 Å². The van der Waals surface area contributed by atoms with Crippen molar-refractivity contribution in [2.24, 2.45) is 0 Å². The third kappa shape index (κ3) is 1.15. The summed E-state index contributed by atoms with van der Waals surface area (Å²) in [4.78, 5) is 0. The standard InChI is InChI=1S/C11H9FO/c1-7-5-6-8-9(11(7)13)3-2-4-10(8)12/h2-6,13H,1H3. The molecule has 0 saturated heterocycles. The van der Waals surface area contributed by atoms with Crippen molar-refractivity contribution in [3.63, 3.8) is 0 Å². The van der Waals surface area contributed by atoms with Gasteiger partial charge in [-0.15, -0.1) is 0 Å². The Bertz CT molecular complexity index is 463. The van der Waals surface area contributed by atoms with E-state index in [2.05, 4.69) is 0 Å². The monoisotopic (exact) mass is 176 g/mol. The van der Waals surface area contributed by atoms with Gasteiger partial charge in [0, 0.05) is 10.8 Å². The minimum absolute atomic E-state index is 0.164. The quantitative estimate of drug-likeness (QED) is 0.654. The Labute approximate surface area is 75.4 Å². The molecule has 0 aliphatic heterocycles. The number of hydrogen-bond acceptors (Lipinski definition) is 1. The summed E-state index contributed by atoms with van der Waals surface area (Å²) in [6.45, 7) is 1.79. The lowest BCUT2D eigenvalue weighted by atomic mass is 10.1. The van der Waals surface area contributed by atoms with Gasteiger partial charge >= 0.3 is 0 Å². The van der Waals surface area contributed by atoms with Crippen LogP contribution in [0.5, 0.6) is 5.75 Å². The van der Waals surface area contributed by atoms with Crippen molar-refractivity contribution in [2.45, 2.75) is 6.92 Å². The number of phenols is 1. The van der Waals surface area contributed by atoms with Gasteiger partial charge in [-0.1, -0.05) is 24.3 Å². The molecule has 1 N–H and O–H groups in total. The molecule has 0 spiro atoms. The van der Waals surface area contributed by atoms with Gasteiger partial charge in [0.25, 0.3) is 0 Å². The molecule has 2 aromatic carbocycles. The molecular weight excluding hydrogens is 167 g/mol. The molecule has 0 radical (unpaired) electrons. The van der Waals surface area contributed by atoms with Crippen LogP contribution in [0.15, 0.2) is 30.3 Å². The van der Waals surface area contributed by atoms with Crippen LogP contribution in [0.25, 0.3) is 10.8 Å². The minimum atomic E-state index is -0.298. The average Bonchev–Trinajstić information content (AvgIpc) is 2.12. The normalized spacial score (nSPS) is 10.6. The van der Waals surface area contributed by atoms with Crippen molar-refractivity contribution in [3.05, 3.63) is 41.7 Å². The van der Waals surface area contributed by atoms with Gasteiger partial charge in [-0.05, 0) is 18.6 Å². The van der Waals surface area contributed by atoms with Crippen LogP contribution >= 0.6 is 0 Å². The van der Waals surface area contributed by atoms with Gasteiger partial charge in [0.05, 0.1) is 0 Å². The van der Waals surface area contributed by atoms with Crippen molar-refractivity contribution in [3.8, 4) is 5.75 Å². The summed E-state index contributed by atoms with van der Waals surface area (Å²) in [6.07, 6.45) is 0. The molecule has 0 fully saturated rings. The highest BCUT2D eigenvalue weighted by molar-refractivity contribution is 5.89. The Morgan fingerprint density at radius 3 is 2.62 bits per heavy atom. The summed E-state index contributed by atoms with van der Waals surface area (Å²) >= 11 is 0. The smallest absolute Gasteiger partial charge is 0.131 e. The maximum atomic E-state index is 13.2. The van der Waals surface area contributed by atoms with Crippen LogP contribution in [-0.4, -0.2) is 5.11 Å². The second-order valence-electron chi connectivity index (χ2n) is 3.07. The van der Waals surface area contributed by atoms with E-state index in [1.165, 1.54) is 6.07 Å². The van der Waals surface area contributed by atoms with E-state index in [1.807, 2.05) is 0 Å². The number of rotatable bonds is 0. The Morgan fingerprint density at radius 1 is 1.08 bits per heavy atom. The van der Waals surface area contributed by atoms with Gasteiger partial charge in [0.2, 0.25) is 0 Å². The molecule has 0 unspecified atom stereocenters. The van der Waals surface area contributed by atoms with Gasteiger partial charge in [-0.2, -0.15) is 0 Å². The molecule has 66 valence electrons. The van der Waals surface area contributed by atoms with E-state index in [-0.39, 0.29) is 11.6 Å². The second kappa shape index (κ2) is 2.73. The Morgan fingerprint density at radius 2 is 1.85 bits per heavy atom. The van der Waals surface area contributed by atoms with Crippen molar-refractivity contribution >= 4 is 10.8 Å². The van der Waals surface area contributed by atoms with Gasteiger partial charge < -0.3 is 5.11 Å². The first-order valence-corrected chi connectivity index (χ1v) is 4.07. The van der Waals surface area contributed by atoms with Gasteiger partial charge in [-0.3, -0.25) is 0 Å². The van der Waals surface area contributed by atoms with Crippen LogP contribution < -0.4 is 0 Å². The molecule has 0 aliphatic rings. The molecule has 0 aliphatic carbocycles. The van der Waals surface area contributed by atoms with Crippen molar-refractivity contribution < 1.29 is 9.50 Å². The van der Waals surface area contributed by atoms with E-state index in [9.17, 15) is 9.50 Å². The molecule has 0 heterocycles. The van der Waals surface area contributed by atoms with Gasteiger partial charge in [0.1, 0.15) is 11.6 Å². The zero-order valence-electron chi connectivity index (χ0n) is 7.21. The predicted molar refractivity (Wildman–Crippen MR) is 50.3 cm³/mol. The lowest BCUT2D eigenvalue weighted by Gasteiger charge is -2.04. The zero-order chi connectivity index (χ0) is 9.42. The van der Waals surface area contributed by atoms with E-state index in [4.69, 9.17) is 0 Å². The number of hydrogen-bond donors (Lipinski definition) is 1. The van der Waals surface area contributed by atoms with Crippen LogP contribution in [-0.2, 0) is 0 Å². The third-order valence-corrected chi connectivity index (χ3v) is 2.18. The van der Waals surface area contributed by atoms with E-state index < -0.39 is 0 Å². The average molecular weight is 176 g/mol. The van der Waals surface area contributed by atoms with Crippen LogP contribution in [0.4, 0.5) is 4.39 Å². The summed E-state index contributed by atoms with van der Waals surface area (Å²) in [5.41, 5.74) is 0.762. The molecule has 2 heteroatoms.